The number of carbonyl (C=O) groups excluding carboxylic acids is 2. The van der Waals surface area contributed by atoms with E-state index < -0.39 is 17.4 Å². The third kappa shape index (κ3) is 4.00. The Morgan fingerprint density at radius 2 is 1.80 bits per heavy atom. The van der Waals surface area contributed by atoms with Gasteiger partial charge in [-0.15, -0.1) is 11.3 Å². The van der Waals surface area contributed by atoms with Crippen LogP contribution in [-0.2, 0) is 11.3 Å². The number of benzene rings is 2. The normalized spacial score (nSPS) is 10.8. The van der Waals surface area contributed by atoms with Gasteiger partial charge in [0.1, 0.15) is 6.54 Å². The molecule has 8 nitrogen and oxygen atoms in total. The summed E-state index contributed by atoms with van der Waals surface area (Å²) in [7, 11) is 0. The molecule has 10 heteroatoms. The van der Waals surface area contributed by atoms with Crippen LogP contribution in [0.25, 0.3) is 22.0 Å². The standard InChI is InChI=1S/C20H14BrN5O3S/c21-12-7-5-11(6-8-12)15-10-30-20(23-15)24-16(27)9-26-19(29)14-4-2-1-3-13(14)17(25-26)18(22)28/h1-8,10H,9H2,(H2,22,28)(H,23,24,27). The van der Waals surface area contributed by atoms with Crippen LogP contribution in [0.1, 0.15) is 10.5 Å². The first kappa shape index (κ1) is 19.9. The molecular weight excluding hydrogens is 470 g/mol. The molecule has 4 aromatic rings. The minimum Gasteiger partial charge on any atom is -0.364 e. The van der Waals surface area contributed by atoms with Gasteiger partial charge in [0, 0.05) is 20.8 Å². The zero-order valence-electron chi connectivity index (χ0n) is 15.3. The second-order valence-corrected chi connectivity index (χ2v) is 8.09. The highest BCUT2D eigenvalue weighted by atomic mass is 79.9. The molecule has 3 N–H and O–H groups in total. The average molecular weight is 484 g/mol. The van der Waals surface area contributed by atoms with E-state index in [1.165, 1.54) is 11.3 Å². The van der Waals surface area contributed by atoms with Crippen molar-refractivity contribution in [3.63, 3.8) is 0 Å². The molecule has 0 saturated heterocycles. The van der Waals surface area contributed by atoms with Crippen LogP contribution in [0.5, 0.6) is 0 Å². The summed E-state index contributed by atoms with van der Waals surface area (Å²) in [6, 6.07) is 14.1. The number of nitrogens with two attached hydrogens (primary N) is 1. The lowest BCUT2D eigenvalue weighted by molar-refractivity contribution is -0.117. The summed E-state index contributed by atoms with van der Waals surface area (Å²) >= 11 is 4.65. The van der Waals surface area contributed by atoms with Gasteiger partial charge in [-0.2, -0.15) is 5.10 Å². The van der Waals surface area contributed by atoms with Crippen LogP contribution in [0.4, 0.5) is 5.13 Å². The highest BCUT2D eigenvalue weighted by molar-refractivity contribution is 9.10. The zero-order chi connectivity index (χ0) is 21.3. The van der Waals surface area contributed by atoms with Gasteiger partial charge in [-0.25, -0.2) is 9.67 Å². The number of hydrogen-bond donors (Lipinski definition) is 2. The maximum absolute atomic E-state index is 12.7. The Labute approximate surface area is 182 Å². The molecule has 0 bridgehead atoms. The number of amides is 2. The van der Waals surface area contributed by atoms with Crippen LogP contribution in [0.15, 0.2) is 63.2 Å². The van der Waals surface area contributed by atoms with E-state index in [0.717, 1.165) is 20.4 Å². The van der Waals surface area contributed by atoms with Gasteiger partial charge in [0.05, 0.1) is 11.1 Å². The van der Waals surface area contributed by atoms with E-state index >= 15 is 0 Å². The van der Waals surface area contributed by atoms with Gasteiger partial charge in [-0.05, 0) is 18.2 Å². The number of anilines is 1. The molecule has 150 valence electrons. The number of rotatable bonds is 5. The van der Waals surface area contributed by atoms with Gasteiger partial charge in [-0.3, -0.25) is 14.4 Å². The van der Waals surface area contributed by atoms with Crippen LogP contribution >= 0.6 is 27.3 Å². The summed E-state index contributed by atoms with van der Waals surface area (Å²) in [5, 5.41) is 9.48. The number of halogens is 1. The molecule has 0 spiro atoms. The van der Waals surface area contributed by atoms with Crippen molar-refractivity contribution in [2.24, 2.45) is 5.73 Å². The fraction of sp³-hybridized carbons (Fsp3) is 0.0500. The third-order valence-electron chi connectivity index (χ3n) is 4.29. The molecule has 0 aliphatic heterocycles. The van der Waals surface area contributed by atoms with E-state index in [-0.39, 0.29) is 17.6 Å². The number of fused-ring (bicyclic) bond motifs is 1. The molecule has 2 heterocycles. The molecule has 0 aliphatic carbocycles. The van der Waals surface area contributed by atoms with Crippen molar-refractivity contribution in [2.45, 2.75) is 6.54 Å². The third-order valence-corrected chi connectivity index (χ3v) is 5.57. The fourth-order valence-corrected chi connectivity index (χ4v) is 3.90. The van der Waals surface area contributed by atoms with Crippen molar-refractivity contribution in [2.75, 3.05) is 5.32 Å². The monoisotopic (exact) mass is 483 g/mol. The second kappa shape index (κ2) is 8.17. The summed E-state index contributed by atoms with van der Waals surface area (Å²) in [6.45, 7) is -0.378. The van der Waals surface area contributed by atoms with Crippen LogP contribution in [0.2, 0.25) is 0 Å². The first-order valence-electron chi connectivity index (χ1n) is 8.73. The summed E-state index contributed by atoms with van der Waals surface area (Å²) in [5.41, 5.74) is 6.47. The minimum atomic E-state index is -0.778. The number of primary amides is 1. The largest absolute Gasteiger partial charge is 0.364 e. The van der Waals surface area contributed by atoms with Gasteiger partial charge in [0.25, 0.3) is 11.5 Å². The van der Waals surface area contributed by atoms with Crippen LogP contribution in [-0.4, -0.2) is 26.6 Å². The Morgan fingerprint density at radius 3 is 2.50 bits per heavy atom. The van der Waals surface area contributed by atoms with Crippen LogP contribution in [0, 0.1) is 0 Å². The predicted molar refractivity (Wildman–Crippen MR) is 118 cm³/mol. The molecule has 30 heavy (non-hydrogen) atoms. The van der Waals surface area contributed by atoms with Crippen LogP contribution < -0.4 is 16.6 Å². The average Bonchev–Trinajstić information content (AvgIpc) is 3.18. The number of nitrogens with zero attached hydrogens (tertiary/aromatic N) is 3. The van der Waals surface area contributed by atoms with Gasteiger partial charge >= 0.3 is 0 Å². The quantitative estimate of drug-likeness (QED) is 0.451. The minimum absolute atomic E-state index is 0.0650. The van der Waals surface area contributed by atoms with Crippen molar-refractivity contribution >= 4 is 55.0 Å². The summed E-state index contributed by atoms with van der Waals surface area (Å²) < 4.78 is 1.89. The smallest absolute Gasteiger partial charge is 0.275 e. The summed E-state index contributed by atoms with van der Waals surface area (Å²) in [6.07, 6.45) is 0. The van der Waals surface area contributed by atoms with Gasteiger partial charge < -0.3 is 11.1 Å². The van der Waals surface area contributed by atoms with E-state index in [4.69, 9.17) is 5.73 Å². The second-order valence-electron chi connectivity index (χ2n) is 6.31. The molecule has 0 radical (unpaired) electrons. The lowest BCUT2D eigenvalue weighted by Crippen LogP contribution is -2.32. The van der Waals surface area contributed by atoms with Crippen LogP contribution in [0.3, 0.4) is 0 Å². The molecule has 2 aromatic heterocycles. The van der Waals surface area contributed by atoms with E-state index in [2.05, 4.69) is 31.3 Å². The Balaban J connectivity index is 1.57. The molecule has 2 amide bonds. The fourth-order valence-electron chi connectivity index (χ4n) is 2.90. The maximum atomic E-state index is 12.7. The molecule has 2 aromatic carbocycles. The Hall–Kier alpha value is -3.37. The highest BCUT2D eigenvalue weighted by Crippen LogP contribution is 2.26. The van der Waals surface area contributed by atoms with Gasteiger partial charge in [0.2, 0.25) is 5.91 Å². The Morgan fingerprint density at radius 1 is 1.10 bits per heavy atom. The Bertz CT molecular complexity index is 1330. The van der Waals surface area contributed by atoms with Crippen molar-refractivity contribution in [3.05, 3.63) is 74.4 Å². The van der Waals surface area contributed by atoms with Crippen molar-refractivity contribution in [1.29, 1.82) is 0 Å². The highest BCUT2D eigenvalue weighted by Gasteiger charge is 2.16. The molecule has 0 unspecified atom stereocenters. The molecule has 0 aliphatic rings. The SMILES string of the molecule is NC(=O)c1nn(CC(=O)Nc2nc(-c3ccc(Br)cc3)cs2)c(=O)c2ccccc12. The van der Waals surface area contributed by atoms with Gasteiger partial charge in [0.15, 0.2) is 10.8 Å². The topological polar surface area (TPSA) is 120 Å². The van der Waals surface area contributed by atoms with E-state index in [0.29, 0.717) is 10.5 Å². The number of nitrogens with one attached hydrogen (secondary N) is 1. The zero-order valence-corrected chi connectivity index (χ0v) is 17.7. The van der Waals surface area contributed by atoms with E-state index in [1.54, 1.807) is 24.3 Å². The number of aromatic nitrogens is 3. The van der Waals surface area contributed by atoms with Gasteiger partial charge in [-0.1, -0.05) is 46.3 Å². The van der Waals surface area contributed by atoms with E-state index in [1.807, 2.05) is 29.6 Å². The molecular formula is C20H14BrN5O3S. The van der Waals surface area contributed by atoms with E-state index in [9.17, 15) is 14.4 Å². The number of thiazole rings is 1. The van der Waals surface area contributed by atoms with Crippen molar-refractivity contribution < 1.29 is 9.59 Å². The first-order chi connectivity index (χ1) is 14.4. The molecule has 0 fully saturated rings. The van der Waals surface area contributed by atoms with Crippen molar-refractivity contribution in [3.8, 4) is 11.3 Å². The molecule has 4 rings (SSSR count). The number of carbonyl (C=O) groups is 2. The summed E-state index contributed by atoms with van der Waals surface area (Å²) in [5.74, 6) is -1.27. The predicted octanol–water partition coefficient (Wildman–Crippen LogP) is 3.02. The number of hydrogen-bond acceptors (Lipinski definition) is 6. The molecule has 0 saturated carbocycles. The Kier molecular flexibility index (Phi) is 5.42. The summed E-state index contributed by atoms with van der Waals surface area (Å²) in [4.78, 5) is 41.3. The van der Waals surface area contributed by atoms with Crippen molar-refractivity contribution in [1.82, 2.24) is 14.8 Å². The lowest BCUT2D eigenvalue weighted by atomic mass is 10.1. The first-order valence-corrected chi connectivity index (χ1v) is 10.4. The maximum Gasteiger partial charge on any atom is 0.275 e. The lowest BCUT2D eigenvalue weighted by Gasteiger charge is -2.09. The molecule has 0 atom stereocenters.